The molecule has 2 heterocycles. The van der Waals surface area contributed by atoms with Crippen LogP contribution in [0.5, 0.6) is 0 Å². The summed E-state index contributed by atoms with van der Waals surface area (Å²) in [7, 11) is 0. The number of piperidine rings is 1. The topological polar surface area (TPSA) is 12.0 Å². The first-order chi connectivity index (χ1) is 8.01. The normalized spacial score (nSPS) is 32.1. The zero-order chi connectivity index (χ0) is 12.1. The van der Waals surface area contributed by atoms with E-state index in [1.165, 1.54) is 12.1 Å². The summed E-state index contributed by atoms with van der Waals surface area (Å²) in [5.41, 5.74) is -0.453. The zero-order valence-corrected chi connectivity index (χ0v) is 9.35. The molecular formula is C13H14F3N. The van der Waals surface area contributed by atoms with Gasteiger partial charge in [-0.2, -0.15) is 13.2 Å². The molecule has 4 rings (SSSR count). The van der Waals surface area contributed by atoms with E-state index in [1.54, 1.807) is 12.1 Å². The standard InChI is InChI=1S/C13H14F3N/c14-13(15,16)11-6-2-1-5-10(11)12-7-3-4-9(8-12)17-12/h1-2,5-6,9,17H,3-4,7-8H2. The van der Waals surface area contributed by atoms with E-state index >= 15 is 0 Å². The molecule has 0 radical (unpaired) electrons. The molecule has 0 amide bonds. The number of halogens is 3. The lowest BCUT2D eigenvalue weighted by atomic mass is 9.66. The van der Waals surface area contributed by atoms with Gasteiger partial charge in [-0.05, 0) is 37.3 Å². The van der Waals surface area contributed by atoms with Crippen LogP contribution in [0.25, 0.3) is 0 Å². The van der Waals surface area contributed by atoms with Gasteiger partial charge in [0.15, 0.2) is 0 Å². The van der Waals surface area contributed by atoms with Gasteiger partial charge < -0.3 is 5.32 Å². The van der Waals surface area contributed by atoms with Crippen molar-refractivity contribution in [3.8, 4) is 0 Å². The number of fused-ring (bicyclic) bond motifs is 2. The van der Waals surface area contributed by atoms with E-state index in [0.29, 0.717) is 11.6 Å². The molecule has 3 aliphatic rings. The number of nitrogens with one attached hydrogen (secondary N) is 1. The van der Waals surface area contributed by atoms with Crippen LogP contribution in [0.3, 0.4) is 0 Å². The van der Waals surface area contributed by atoms with E-state index in [-0.39, 0.29) is 0 Å². The molecule has 2 aliphatic heterocycles. The number of hydrogen-bond acceptors (Lipinski definition) is 1. The van der Waals surface area contributed by atoms with Crippen LogP contribution in [0.1, 0.15) is 36.8 Å². The maximum atomic E-state index is 13.0. The van der Waals surface area contributed by atoms with E-state index in [1.807, 2.05) is 0 Å². The molecule has 4 heteroatoms. The second-order valence-corrected chi connectivity index (χ2v) is 5.06. The van der Waals surface area contributed by atoms with Gasteiger partial charge in [0.05, 0.1) is 5.56 Å². The molecule has 1 N–H and O–H groups in total. The SMILES string of the molecule is FC(F)(F)c1ccccc1C12CCCC(C1)N2. The molecule has 92 valence electrons. The van der Waals surface area contributed by atoms with Crippen LogP contribution in [0, 0.1) is 0 Å². The summed E-state index contributed by atoms with van der Waals surface area (Å²) >= 11 is 0. The smallest absolute Gasteiger partial charge is 0.304 e. The summed E-state index contributed by atoms with van der Waals surface area (Å²) in [4.78, 5) is 0. The third-order valence-corrected chi connectivity index (χ3v) is 3.98. The molecule has 17 heavy (non-hydrogen) atoms. The first-order valence-corrected chi connectivity index (χ1v) is 5.96. The van der Waals surface area contributed by atoms with E-state index in [2.05, 4.69) is 5.32 Å². The Morgan fingerprint density at radius 1 is 1.24 bits per heavy atom. The second kappa shape index (κ2) is 3.48. The third kappa shape index (κ3) is 1.66. The Morgan fingerprint density at radius 2 is 1.94 bits per heavy atom. The first kappa shape index (κ1) is 11.1. The van der Waals surface area contributed by atoms with E-state index in [4.69, 9.17) is 0 Å². The molecule has 1 aromatic rings. The van der Waals surface area contributed by atoms with Gasteiger partial charge in [0, 0.05) is 11.6 Å². The molecule has 1 aliphatic carbocycles. The van der Waals surface area contributed by atoms with Gasteiger partial charge in [0.2, 0.25) is 0 Å². The van der Waals surface area contributed by atoms with Crippen molar-refractivity contribution in [3.63, 3.8) is 0 Å². The Bertz CT molecular complexity index is 427. The van der Waals surface area contributed by atoms with Crippen LogP contribution in [-0.2, 0) is 11.7 Å². The van der Waals surface area contributed by atoms with Gasteiger partial charge in [-0.25, -0.2) is 0 Å². The van der Waals surface area contributed by atoms with Crippen molar-refractivity contribution in [2.45, 2.75) is 43.4 Å². The van der Waals surface area contributed by atoms with Crippen molar-refractivity contribution >= 4 is 0 Å². The Kier molecular flexibility index (Phi) is 2.27. The third-order valence-electron chi connectivity index (χ3n) is 3.98. The predicted octanol–water partition coefficient (Wildman–Crippen LogP) is 3.45. The quantitative estimate of drug-likeness (QED) is 0.794. The van der Waals surface area contributed by atoms with Gasteiger partial charge in [-0.3, -0.25) is 0 Å². The highest BCUT2D eigenvalue weighted by Crippen LogP contribution is 2.49. The highest BCUT2D eigenvalue weighted by atomic mass is 19.4. The Labute approximate surface area is 98.0 Å². The summed E-state index contributed by atoms with van der Waals surface area (Å²) in [6, 6.07) is 6.39. The molecule has 1 aromatic carbocycles. The van der Waals surface area contributed by atoms with Gasteiger partial charge in [-0.15, -0.1) is 0 Å². The maximum absolute atomic E-state index is 13.0. The van der Waals surface area contributed by atoms with Gasteiger partial charge in [0.1, 0.15) is 0 Å². The lowest BCUT2D eigenvalue weighted by Crippen LogP contribution is -2.64. The van der Waals surface area contributed by atoms with Crippen LogP contribution < -0.4 is 5.32 Å². The fraction of sp³-hybridized carbons (Fsp3) is 0.538. The van der Waals surface area contributed by atoms with Gasteiger partial charge >= 0.3 is 6.18 Å². The fourth-order valence-corrected chi connectivity index (χ4v) is 3.26. The van der Waals surface area contributed by atoms with Crippen LogP contribution >= 0.6 is 0 Å². The summed E-state index contributed by atoms with van der Waals surface area (Å²) in [6.07, 6.45) is -0.480. The molecule has 2 saturated heterocycles. The van der Waals surface area contributed by atoms with Crippen molar-refractivity contribution < 1.29 is 13.2 Å². The summed E-state index contributed by atoms with van der Waals surface area (Å²) in [6.45, 7) is 0. The number of rotatable bonds is 1. The molecule has 3 fully saturated rings. The fourth-order valence-electron chi connectivity index (χ4n) is 3.26. The van der Waals surface area contributed by atoms with Gasteiger partial charge in [-0.1, -0.05) is 18.2 Å². The van der Waals surface area contributed by atoms with E-state index < -0.39 is 17.3 Å². The lowest BCUT2D eigenvalue weighted by Gasteiger charge is -2.55. The molecule has 1 saturated carbocycles. The highest BCUT2D eigenvalue weighted by molar-refractivity contribution is 5.39. The monoisotopic (exact) mass is 241 g/mol. The number of alkyl halides is 3. The van der Waals surface area contributed by atoms with E-state index in [9.17, 15) is 13.2 Å². The number of hydrogen-bond donors (Lipinski definition) is 1. The first-order valence-electron chi connectivity index (χ1n) is 5.96. The predicted molar refractivity (Wildman–Crippen MR) is 58.5 cm³/mol. The van der Waals surface area contributed by atoms with Crippen molar-refractivity contribution in [1.29, 1.82) is 0 Å². The van der Waals surface area contributed by atoms with Crippen LogP contribution in [0.15, 0.2) is 24.3 Å². The molecule has 2 atom stereocenters. The van der Waals surface area contributed by atoms with E-state index in [0.717, 1.165) is 25.7 Å². The summed E-state index contributed by atoms with van der Waals surface area (Å²) < 4.78 is 38.9. The Balaban J connectivity index is 2.03. The summed E-state index contributed by atoms with van der Waals surface area (Å²) in [5.74, 6) is 0. The maximum Gasteiger partial charge on any atom is 0.416 e. The lowest BCUT2D eigenvalue weighted by molar-refractivity contribution is -0.140. The molecule has 1 nitrogen and oxygen atoms in total. The second-order valence-electron chi connectivity index (χ2n) is 5.06. The van der Waals surface area contributed by atoms with Crippen molar-refractivity contribution in [1.82, 2.24) is 5.32 Å². The average Bonchev–Trinajstić information content (AvgIpc) is 2.27. The minimum absolute atomic E-state index is 0.408. The summed E-state index contributed by atoms with van der Waals surface area (Å²) in [5, 5.41) is 3.32. The average molecular weight is 241 g/mol. The van der Waals surface area contributed by atoms with Crippen LogP contribution in [0.4, 0.5) is 13.2 Å². The van der Waals surface area contributed by atoms with Crippen molar-refractivity contribution in [2.24, 2.45) is 0 Å². The molecule has 0 aromatic heterocycles. The van der Waals surface area contributed by atoms with Crippen molar-refractivity contribution in [3.05, 3.63) is 35.4 Å². The minimum atomic E-state index is -4.25. The molecule has 0 spiro atoms. The zero-order valence-electron chi connectivity index (χ0n) is 9.35. The van der Waals surface area contributed by atoms with Crippen LogP contribution in [-0.4, -0.2) is 6.04 Å². The molecule has 2 unspecified atom stereocenters. The minimum Gasteiger partial charge on any atom is -0.304 e. The Morgan fingerprint density at radius 3 is 2.53 bits per heavy atom. The van der Waals surface area contributed by atoms with Crippen LogP contribution in [0.2, 0.25) is 0 Å². The highest BCUT2D eigenvalue weighted by Gasteiger charge is 2.50. The molecular weight excluding hydrogens is 227 g/mol. The molecule has 2 bridgehead atoms. The number of benzene rings is 1. The van der Waals surface area contributed by atoms with Gasteiger partial charge in [0.25, 0.3) is 0 Å². The van der Waals surface area contributed by atoms with Crippen molar-refractivity contribution in [2.75, 3.05) is 0 Å². The Hall–Kier alpha value is -1.03. The largest absolute Gasteiger partial charge is 0.416 e.